The van der Waals surface area contributed by atoms with E-state index >= 15 is 0 Å². The lowest BCUT2D eigenvalue weighted by atomic mass is 9.78. The van der Waals surface area contributed by atoms with E-state index in [4.69, 9.17) is 0 Å². The highest BCUT2D eigenvalue weighted by Gasteiger charge is 2.49. The van der Waals surface area contributed by atoms with Crippen molar-refractivity contribution in [2.24, 2.45) is 5.41 Å². The fourth-order valence-corrected chi connectivity index (χ4v) is 4.01. The minimum absolute atomic E-state index is 0.0120. The fourth-order valence-electron chi connectivity index (χ4n) is 4.01. The number of aryl methyl sites for hydroxylation is 1. The fraction of sp³-hybridized carbons (Fsp3) is 0.632. The molecular weight excluding hydrogens is 316 g/mol. The zero-order valence-electron chi connectivity index (χ0n) is 15.5. The Morgan fingerprint density at radius 3 is 2.80 bits per heavy atom. The lowest BCUT2D eigenvalue weighted by Gasteiger charge is -2.39. The SMILES string of the molecule is Cc1cccc(CN2CCC[C@@]3(CCN(CC(=O)N(C)C)C3=O)C2)n1. The van der Waals surface area contributed by atoms with Crippen LogP contribution in [0.2, 0.25) is 0 Å². The molecule has 2 aliphatic heterocycles. The van der Waals surface area contributed by atoms with Crippen LogP contribution in [0.15, 0.2) is 18.2 Å². The van der Waals surface area contributed by atoms with Crippen molar-refractivity contribution in [1.29, 1.82) is 0 Å². The number of piperidine rings is 1. The average molecular weight is 344 g/mol. The summed E-state index contributed by atoms with van der Waals surface area (Å²) in [4.78, 5) is 35.2. The Morgan fingerprint density at radius 1 is 1.28 bits per heavy atom. The van der Waals surface area contributed by atoms with Gasteiger partial charge in [0.05, 0.1) is 17.7 Å². The molecule has 3 heterocycles. The standard InChI is InChI=1S/C19H28N4O2/c1-15-6-4-7-16(20-15)12-22-10-5-8-19(14-22)9-11-23(18(19)25)13-17(24)21(2)3/h4,6-7H,5,8-14H2,1-3H3/t19-/m1/s1. The molecule has 25 heavy (non-hydrogen) atoms. The monoisotopic (exact) mass is 344 g/mol. The van der Waals surface area contributed by atoms with Crippen LogP contribution in [0.3, 0.4) is 0 Å². The zero-order valence-corrected chi connectivity index (χ0v) is 15.5. The van der Waals surface area contributed by atoms with Gasteiger partial charge < -0.3 is 9.80 Å². The largest absolute Gasteiger partial charge is 0.347 e. The Labute approximate surface area is 149 Å². The first kappa shape index (κ1) is 17.9. The Morgan fingerprint density at radius 2 is 2.08 bits per heavy atom. The second kappa shape index (κ2) is 7.12. The topological polar surface area (TPSA) is 56.8 Å². The highest BCUT2D eigenvalue weighted by Crippen LogP contribution is 2.40. The maximum absolute atomic E-state index is 13.0. The molecule has 136 valence electrons. The van der Waals surface area contributed by atoms with Gasteiger partial charge in [-0.25, -0.2) is 0 Å². The van der Waals surface area contributed by atoms with E-state index in [0.717, 1.165) is 50.3 Å². The van der Waals surface area contributed by atoms with Gasteiger partial charge >= 0.3 is 0 Å². The number of carbonyl (C=O) groups excluding carboxylic acids is 2. The molecule has 2 amide bonds. The molecule has 2 fully saturated rings. The van der Waals surface area contributed by atoms with Crippen LogP contribution < -0.4 is 0 Å². The van der Waals surface area contributed by atoms with Gasteiger partial charge in [-0.1, -0.05) is 6.07 Å². The van der Waals surface area contributed by atoms with E-state index in [9.17, 15) is 9.59 Å². The molecule has 2 saturated heterocycles. The molecule has 0 unspecified atom stereocenters. The van der Waals surface area contributed by atoms with E-state index in [0.29, 0.717) is 6.54 Å². The summed E-state index contributed by atoms with van der Waals surface area (Å²) in [5, 5.41) is 0. The number of likely N-dealkylation sites (N-methyl/N-ethyl adjacent to an activating group) is 1. The van der Waals surface area contributed by atoms with Gasteiger partial charge in [-0.2, -0.15) is 0 Å². The van der Waals surface area contributed by atoms with Crippen LogP contribution in [0.5, 0.6) is 0 Å². The summed E-state index contributed by atoms with van der Waals surface area (Å²) in [6.45, 7) is 5.45. The summed E-state index contributed by atoms with van der Waals surface area (Å²) in [6.07, 6.45) is 2.80. The summed E-state index contributed by atoms with van der Waals surface area (Å²) in [5.41, 5.74) is 1.77. The van der Waals surface area contributed by atoms with Crippen LogP contribution in [-0.4, -0.2) is 71.8 Å². The normalized spacial score (nSPS) is 24.1. The van der Waals surface area contributed by atoms with Gasteiger partial charge in [0.1, 0.15) is 0 Å². The molecule has 1 spiro atoms. The van der Waals surface area contributed by atoms with Crippen LogP contribution in [0, 0.1) is 12.3 Å². The van der Waals surface area contributed by atoms with Crippen LogP contribution in [-0.2, 0) is 16.1 Å². The number of pyridine rings is 1. The average Bonchev–Trinajstić information content (AvgIpc) is 2.84. The summed E-state index contributed by atoms with van der Waals surface area (Å²) < 4.78 is 0. The van der Waals surface area contributed by atoms with Crippen molar-refractivity contribution in [2.75, 3.05) is 40.3 Å². The highest BCUT2D eigenvalue weighted by atomic mass is 16.2. The van der Waals surface area contributed by atoms with Crippen LogP contribution in [0.25, 0.3) is 0 Å². The predicted octanol–water partition coefficient (Wildman–Crippen LogP) is 1.29. The van der Waals surface area contributed by atoms with Crippen molar-refractivity contribution < 1.29 is 9.59 Å². The number of hydrogen-bond acceptors (Lipinski definition) is 4. The number of nitrogens with zero attached hydrogens (tertiary/aromatic N) is 4. The Hall–Kier alpha value is -1.95. The summed E-state index contributed by atoms with van der Waals surface area (Å²) >= 11 is 0. The van der Waals surface area contributed by atoms with Gasteiger partial charge in [0.15, 0.2) is 0 Å². The minimum atomic E-state index is -0.311. The summed E-state index contributed by atoms with van der Waals surface area (Å²) in [7, 11) is 3.46. The molecule has 0 aromatic carbocycles. The number of amides is 2. The van der Waals surface area contributed by atoms with Crippen molar-refractivity contribution in [3.63, 3.8) is 0 Å². The minimum Gasteiger partial charge on any atom is -0.347 e. The van der Waals surface area contributed by atoms with E-state index in [1.165, 1.54) is 0 Å². The molecule has 1 aromatic heterocycles. The number of aromatic nitrogens is 1. The third-order valence-corrected chi connectivity index (χ3v) is 5.41. The molecule has 6 nitrogen and oxygen atoms in total. The van der Waals surface area contributed by atoms with Gasteiger partial charge in [0.25, 0.3) is 0 Å². The van der Waals surface area contributed by atoms with Gasteiger partial charge in [0.2, 0.25) is 11.8 Å². The summed E-state index contributed by atoms with van der Waals surface area (Å²) in [6, 6.07) is 6.08. The third kappa shape index (κ3) is 3.84. The Balaban J connectivity index is 1.66. The molecule has 2 aliphatic rings. The smallest absolute Gasteiger partial charge is 0.241 e. The molecular formula is C19H28N4O2. The molecule has 6 heteroatoms. The van der Waals surface area contributed by atoms with E-state index in [-0.39, 0.29) is 23.8 Å². The quantitative estimate of drug-likeness (QED) is 0.826. The first-order valence-electron chi connectivity index (χ1n) is 9.04. The van der Waals surface area contributed by atoms with Gasteiger partial charge in [0, 0.05) is 39.4 Å². The molecule has 0 saturated carbocycles. The second-order valence-electron chi connectivity index (χ2n) is 7.63. The Kier molecular flexibility index (Phi) is 5.08. The maximum Gasteiger partial charge on any atom is 0.241 e. The van der Waals surface area contributed by atoms with Crippen molar-refractivity contribution in [3.8, 4) is 0 Å². The summed E-state index contributed by atoms with van der Waals surface area (Å²) in [5.74, 6) is 0.145. The first-order valence-corrected chi connectivity index (χ1v) is 9.04. The van der Waals surface area contributed by atoms with Crippen molar-refractivity contribution in [2.45, 2.75) is 32.7 Å². The van der Waals surface area contributed by atoms with Crippen LogP contribution in [0.1, 0.15) is 30.7 Å². The molecule has 1 atom stereocenters. The molecule has 0 bridgehead atoms. The van der Waals surface area contributed by atoms with Crippen LogP contribution in [0.4, 0.5) is 0 Å². The lowest BCUT2D eigenvalue weighted by molar-refractivity contribution is -0.143. The van der Waals surface area contributed by atoms with E-state index in [2.05, 4.69) is 9.88 Å². The van der Waals surface area contributed by atoms with Crippen LogP contribution >= 0.6 is 0 Å². The first-order chi connectivity index (χ1) is 11.9. The van der Waals surface area contributed by atoms with Crippen molar-refractivity contribution >= 4 is 11.8 Å². The number of rotatable bonds is 4. The predicted molar refractivity (Wildman–Crippen MR) is 95.8 cm³/mol. The third-order valence-electron chi connectivity index (χ3n) is 5.41. The number of carbonyl (C=O) groups is 2. The molecule has 1 aromatic rings. The van der Waals surface area contributed by atoms with Crippen molar-refractivity contribution in [3.05, 3.63) is 29.6 Å². The molecule has 0 radical (unpaired) electrons. The van der Waals surface area contributed by atoms with Crippen molar-refractivity contribution in [1.82, 2.24) is 19.7 Å². The Bertz CT molecular complexity index is 661. The van der Waals surface area contributed by atoms with E-state index < -0.39 is 0 Å². The highest BCUT2D eigenvalue weighted by molar-refractivity contribution is 5.89. The lowest BCUT2D eigenvalue weighted by Crippen LogP contribution is -2.48. The molecule has 0 aliphatic carbocycles. The molecule has 0 N–H and O–H groups in total. The maximum atomic E-state index is 13.0. The zero-order chi connectivity index (χ0) is 18.0. The van der Waals surface area contributed by atoms with Gasteiger partial charge in [-0.15, -0.1) is 0 Å². The van der Waals surface area contributed by atoms with Gasteiger partial charge in [-0.05, 0) is 44.9 Å². The van der Waals surface area contributed by atoms with E-state index in [1.807, 2.05) is 25.1 Å². The number of hydrogen-bond donors (Lipinski definition) is 0. The second-order valence-corrected chi connectivity index (χ2v) is 7.63. The van der Waals surface area contributed by atoms with E-state index in [1.54, 1.807) is 23.9 Å². The molecule has 3 rings (SSSR count). The number of likely N-dealkylation sites (tertiary alicyclic amines) is 2. The van der Waals surface area contributed by atoms with Gasteiger partial charge in [-0.3, -0.25) is 19.5 Å².